The third kappa shape index (κ3) is 3.14. The molecule has 2 N–H and O–H groups in total. The number of hydrogen-bond donors (Lipinski definition) is 1. The van der Waals surface area contributed by atoms with Crippen molar-refractivity contribution in [3.8, 4) is 0 Å². The molecule has 0 spiro atoms. The van der Waals surface area contributed by atoms with Crippen LogP contribution in [0.3, 0.4) is 0 Å². The van der Waals surface area contributed by atoms with E-state index in [1.54, 1.807) is 11.3 Å². The minimum Gasteiger partial charge on any atom is -0.387 e. The van der Waals surface area contributed by atoms with Gasteiger partial charge in [-0.05, 0) is 6.92 Å². The molecule has 0 fully saturated rings. The minimum atomic E-state index is 0.320. The number of nitrogens with two attached hydrogens (primary N) is 1. The summed E-state index contributed by atoms with van der Waals surface area (Å²) in [7, 11) is 0. The van der Waals surface area contributed by atoms with Gasteiger partial charge in [-0.15, -0.1) is 11.3 Å². The van der Waals surface area contributed by atoms with E-state index in [1.165, 1.54) is 0 Å². The second kappa shape index (κ2) is 4.37. The summed E-state index contributed by atoms with van der Waals surface area (Å²) in [5, 5.41) is 3.05. The number of nitrogens with zero attached hydrogens (tertiary/aromatic N) is 2. The number of rotatable bonds is 3. The number of thiazole rings is 1. The highest BCUT2D eigenvalue weighted by molar-refractivity contribution is 7.09. The topological polar surface area (TPSA) is 51.3 Å². The number of hydrogen-bond acceptors (Lipinski definition) is 3. The first-order chi connectivity index (χ1) is 6.09. The van der Waals surface area contributed by atoms with Gasteiger partial charge in [0.05, 0.1) is 12.4 Å². The van der Waals surface area contributed by atoms with Crippen LogP contribution in [0.5, 0.6) is 0 Å². The zero-order valence-electron chi connectivity index (χ0n) is 8.24. The maximum Gasteiger partial charge on any atom is 0.114 e. The number of aliphatic imine (C=N–C) groups is 1. The first-order valence-corrected chi connectivity index (χ1v) is 5.18. The molecule has 0 saturated carbocycles. The zero-order chi connectivity index (χ0) is 9.84. The average Bonchev–Trinajstić information content (AvgIpc) is 2.47. The van der Waals surface area contributed by atoms with E-state index in [-0.39, 0.29) is 0 Å². The molecule has 4 heteroatoms. The Balaban J connectivity index is 2.56. The van der Waals surface area contributed by atoms with Gasteiger partial charge in [0, 0.05) is 17.0 Å². The van der Waals surface area contributed by atoms with Gasteiger partial charge in [0.25, 0.3) is 0 Å². The molecule has 1 rings (SSSR count). The van der Waals surface area contributed by atoms with Crippen molar-refractivity contribution in [2.75, 3.05) is 0 Å². The molecule has 0 radical (unpaired) electrons. The lowest BCUT2D eigenvalue weighted by Gasteiger charge is -2.01. The van der Waals surface area contributed by atoms with E-state index in [9.17, 15) is 0 Å². The summed E-state index contributed by atoms with van der Waals surface area (Å²) in [6, 6.07) is 0. The van der Waals surface area contributed by atoms with Crippen LogP contribution in [-0.4, -0.2) is 10.8 Å². The van der Waals surface area contributed by atoms with Crippen molar-refractivity contribution >= 4 is 17.2 Å². The van der Waals surface area contributed by atoms with Gasteiger partial charge in [0.1, 0.15) is 5.01 Å². The smallest absolute Gasteiger partial charge is 0.114 e. The van der Waals surface area contributed by atoms with E-state index >= 15 is 0 Å². The Bertz CT molecular complexity index is 302. The summed E-state index contributed by atoms with van der Waals surface area (Å²) in [4.78, 5) is 8.55. The molecule has 1 aromatic rings. The van der Waals surface area contributed by atoms with Crippen molar-refractivity contribution in [1.82, 2.24) is 4.98 Å². The summed E-state index contributed by atoms with van der Waals surface area (Å²) in [5.41, 5.74) is 6.75. The molecule has 0 saturated heterocycles. The Morgan fingerprint density at radius 3 is 2.85 bits per heavy atom. The van der Waals surface area contributed by atoms with Gasteiger partial charge in [-0.1, -0.05) is 13.8 Å². The Labute approximate surface area is 82.7 Å². The Morgan fingerprint density at radius 1 is 1.69 bits per heavy atom. The van der Waals surface area contributed by atoms with E-state index in [4.69, 9.17) is 5.73 Å². The van der Waals surface area contributed by atoms with Crippen LogP contribution in [0.15, 0.2) is 10.4 Å². The summed E-state index contributed by atoms with van der Waals surface area (Å²) in [5.74, 6) is 1.02. The van der Waals surface area contributed by atoms with Crippen LogP contribution in [0.1, 0.15) is 24.5 Å². The molecular weight excluding hydrogens is 182 g/mol. The SMILES string of the molecule is Cc1csc(CN=C(N)C(C)C)n1. The molecular formula is C9H15N3S. The van der Waals surface area contributed by atoms with E-state index < -0.39 is 0 Å². The second-order valence-corrected chi connectivity index (χ2v) is 4.22. The molecule has 3 nitrogen and oxygen atoms in total. The predicted molar refractivity (Wildman–Crippen MR) is 57.0 cm³/mol. The van der Waals surface area contributed by atoms with Crippen LogP contribution in [0.2, 0.25) is 0 Å². The molecule has 0 unspecified atom stereocenters. The molecule has 0 aliphatic heterocycles. The maximum atomic E-state index is 5.70. The van der Waals surface area contributed by atoms with Crippen LogP contribution in [0.25, 0.3) is 0 Å². The van der Waals surface area contributed by atoms with Crippen LogP contribution in [0.4, 0.5) is 0 Å². The van der Waals surface area contributed by atoms with Crippen molar-refractivity contribution < 1.29 is 0 Å². The summed E-state index contributed by atoms with van der Waals surface area (Å²) < 4.78 is 0. The molecule has 72 valence electrons. The predicted octanol–water partition coefficient (Wildman–Crippen LogP) is 1.96. The molecule has 1 heterocycles. The van der Waals surface area contributed by atoms with E-state index in [1.807, 2.05) is 26.2 Å². The van der Waals surface area contributed by atoms with E-state index in [2.05, 4.69) is 9.98 Å². The second-order valence-electron chi connectivity index (χ2n) is 3.28. The number of aromatic nitrogens is 1. The van der Waals surface area contributed by atoms with Crippen LogP contribution in [0, 0.1) is 12.8 Å². The monoisotopic (exact) mass is 197 g/mol. The molecule has 0 amide bonds. The summed E-state index contributed by atoms with van der Waals surface area (Å²) >= 11 is 1.63. The van der Waals surface area contributed by atoms with Crippen molar-refractivity contribution in [1.29, 1.82) is 0 Å². The van der Waals surface area contributed by atoms with E-state index in [0.717, 1.165) is 10.7 Å². The average molecular weight is 197 g/mol. The molecule has 0 bridgehead atoms. The van der Waals surface area contributed by atoms with Gasteiger partial charge in [0.15, 0.2) is 0 Å². The van der Waals surface area contributed by atoms with Crippen molar-refractivity contribution in [2.24, 2.45) is 16.6 Å². The lowest BCUT2D eigenvalue weighted by molar-refractivity contribution is 0.853. The van der Waals surface area contributed by atoms with Gasteiger partial charge in [-0.2, -0.15) is 0 Å². The van der Waals surface area contributed by atoms with Gasteiger partial charge < -0.3 is 5.73 Å². The fourth-order valence-electron chi connectivity index (χ4n) is 0.817. The van der Waals surface area contributed by atoms with Gasteiger partial charge >= 0.3 is 0 Å². The zero-order valence-corrected chi connectivity index (χ0v) is 9.06. The first-order valence-electron chi connectivity index (χ1n) is 4.30. The van der Waals surface area contributed by atoms with Crippen molar-refractivity contribution in [3.05, 3.63) is 16.1 Å². The highest BCUT2D eigenvalue weighted by atomic mass is 32.1. The highest BCUT2D eigenvalue weighted by Crippen LogP contribution is 2.09. The molecule has 0 aliphatic carbocycles. The lowest BCUT2D eigenvalue weighted by atomic mass is 10.2. The third-order valence-electron chi connectivity index (χ3n) is 1.65. The van der Waals surface area contributed by atoms with E-state index in [0.29, 0.717) is 18.3 Å². The molecule has 1 aromatic heterocycles. The molecule has 13 heavy (non-hydrogen) atoms. The maximum absolute atomic E-state index is 5.70. The fourth-order valence-corrected chi connectivity index (χ4v) is 1.51. The molecule has 0 atom stereocenters. The summed E-state index contributed by atoms with van der Waals surface area (Å²) in [6.07, 6.45) is 0. The summed E-state index contributed by atoms with van der Waals surface area (Å²) in [6.45, 7) is 6.66. The Kier molecular flexibility index (Phi) is 3.42. The number of amidine groups is 1. The molecule has 0 aliphatic rings. The quantitative estimate of drug-likeness (QED) is 0.595. The normalized spacial score (nSPS) is 12.5. The van der Waals surface area contributed by atoms with Gasteiger partial charge in [-0.25, -0.2) is 4.98 Å². The first kappa shape index (κ1) is 10.2. The number of aryl methyl sites for hydroxylation is 1. The largest absolute Gasteiger partial charge is 0.387 e. The van der Waals surface area contributed by atoms with Crippen molar-refractivity contribution in [3.63, 3.8) is 0 Å². The Hall–Kier alpha value is -0.900. The Morgan fingerprint density at radius 2 is 2.38 bits per heavy atom. The van der Waals surface area contributed by atoms with Crippen LogP contribution in [-0.2, 0) is 6.54 Å². The van der Waals surface area contributed by atoms with Gasteiger partial charge in [-0.3, -0.25) is 4.99 Å². The van der Waals surface area contributed by atoms with Gasteiger partial charge in [0.2, 0.25) is 0 Å². The highest BCUT2D eigenvalue weighted by Gasteiger charge is 2.00. The molecule has 0 aromatic carbocycles. The standard InChI is InChI=1S/C9H15N3S/c1-6(2)9(10)11-4-8-12-7(3)5-13-8/h5-6H,4H2,1-3H3,(H2,10,11). The van der Waals surface area contributed by atoms with Crippen LogP contribution >= 0.6 is 11.3 Å². The fraction of sp³-hybridized carbons (Fsp3) is 0.556. The lowest BCUT2D eigenvalue weighted by Crippen LogP contribution is -2.18. The van der Waals surface area contributed by atoms with Crippen molar-refractivity contribution in [2.45, 2.75) is 27.3 Å². The van der Waals surface area contributed by atoms with Crippen LogP contribution < -0.4 is 5.73 Å². The third-order valence-corrected chi connectivity index (χ3v) is 2.61. The minimum absolute atomic E-state index is 0.320.